The van der Waals surface area contributed by atoms with Gasteiger partial charge in [0.05, 0.1) is 29.0 Å². The Morgan fingerprint density at radius 2 is 1.02 bits per heavy atom. The van der Waals surface area contributed by atoms with E-state index >= 15 is 4.39 Å². The molecule has 8 rings (SSSR count). The lowest BCUT2D eigenvalue weighted by molar-refractivity contribution is -0.137. The molecule has 326 valence electrons. The molecule has 0 bridgehead atoms. The summed E-state index contributed by atoms with van der Waals surface area (Å²) in [6.45, 7) is 3.29. The summed E-state index contributed by atoms with van der Waals surface area (Å²) in [7, 11) is 2.80. The summed E-state index contributed by atoms with van der Waals surface area (Å²) >= 11 is 0. The smallest absolute Gasteiger partial charge is 0.418 e. The summed E-state index contributed by atoms with van der Waals surface area (Å²) in [5.74, 6) is 7.48. The molecule has 0 saturated carbocycles. The van der Waals surface area contributed by atoms with Crippen LogP contribution in [0, 0.1) is 41.1 Å². The van der Waals surface area contributed by atoms with E-state index in [1.54, 1.807) is 86.6 Å². The Balaban J connectivity index is 0.000000195. The second kappa shape index (κ2) is 18.2. The van der Waals surface area contributed by atoms with Crippen molar-refractivity contribution >= 4 is 21.8 Å². The third-order valence-corrected chi connectivity index (χ3v) is 10.1. The predicted octanol–water partition coefficient (Wildman–Crippen LogP) is 8.67. The first-order valence-corrected chi connectivity index (χ1v) is 19.6. The van der Waals surface area contributed by atoms with Gasteiger partial charge in [0.15, 0.2) is 11.6 Å². The van der Waals surface area contributed by atoms with Gasteiger partial charge in [-0.3, -0.25) is 18.7 Å². The number of hydrogen-bond acceptors (Lipinski definition) is 5. The highest BCUT2D eigenvalue weighted by Crippen LogP contribution is 2.35. The Kier molecular flexibility index (Phi) is 12.5. The first-order valence-electron chi connectivity index (χ1n) is 19.6. The molecule has 2 heterocycles. The number of fused-ring (bicyclic) bond motifs is 2. The third-order valence-electron chi connectivity index (χ3n) is 10.1. The van der Waals surface area contributed by atoms with Gasteiger partial charge in [-0.1, -0.05) is 78.3 Å². The first kappa shape index (κ1) is 44.7. The van der Waals surface area contributed by atoms with Gasteiger partial charge in [-0.2, -0.15) is 13.2 Å². The normalized spacial score (nSPS) is 11.1. The Hall–Kier alpha value is -8.30. The third kappa shape index (κ3) is 8.85. The summed E-state index contributed by atoms with van der Waals surface area (Å²) in [5.41, 5.74) is -5.66. The lowest BCUT2D eigenvalue weighted by atomic mass is 10.1. The quantitative estimate of drug-likeness (QED) is 0.130. The zero-order valence-electron chi connectivity index (χ0n) is 34.8. The minimum absolute atomic E-state index is 0.00345. The van der Waals surface area contributed by atoms with E-state index in [-0.39, 0.29) is 37.5 Å². The minimum atomic E-state index is -5.05. The van der Waals surface area contributed by atoms with E-state index in [0.29, 0.717) is 27.5 Å². The Morgan fingerprint density at radius 1 is 0.554 bits per heavy atom. The molecule has 2 aromatic heterocycles. The molecular weight excluding hydrogens is 851 g/mol. The van der Waals surface area contributed by atoms with Crippen molar-refractivity contribution in [3.05, 3.63) is 214 Å². The summed E-state index contributed by atoms with van der Waals surface area (Å²) in [6, 6.07) is 31.0. The molecule has 0 spiro atoms. The Labute approximate surface area is 365 Å². The van der Waals surface area contributed by atoms with Crippen LogP contribution in [0.2, 0.25) is 0 Å². The Bertz CT molecular complexity index is 3510. The van der Waals surface area contributed by atoms with Crippen LogP contribution in [0.25, 0.3) is 33.2 Å². The van der Waals surface area contributed by atoms with Crippen LogP contribution < -0.4 is 27.2 Å². The largest absolute Gasteiger partial charge is 0.495 e. The molecule has 0 saturated heterocycles. The molecule has 65 heavy (non-hydrogen) atoms. The number of rotatable bonds is 4. The first-order chi connectivity index (χ1) is 31.0. The van der Waals surface area contributed by atoms with Crippen molar-refractivity contribution in [2.75, 3.05) is 7.11 Å². The highest BCUT2D eigenvalue weighted by atomic mass is 19.4. The number of ether oxygens (including phenoxy) is 1. The molecule has 0 N–H and O–H groups in total. The van der Waals surface area contributed by atoms with Crippen molar-refractivity contribution in [1.82, 2.24) is 18.3 Å². The summed E-state index contributed by atoms with van der Waals surface area (Å²) in [4.78, 5) is 52.3. The SMILES string of the molecule is CC(C)n1c(=O)n(-c2c(F)cc(C#Cc3ccccc3)cc2C(F)(F)F)c(=O)c2ccccc21.COc1cccc2c(=O)n(-c3c(F)cc(C#Cc4ccccc4)cc3F)c(=O)n(C)c12. The number of aryl methyl sites for hydroxylation is 1. The highest BCUT2D eigenvalue weighted by Gasteiger charge is 2.37. The topological polar surface area (TPSA) is 97.2 Å². The number of aromatic nitrogens is 4. The van der Waals surface area contributed by atoms with E-state index in [2.05, 4.69) is 23.7 Å². The van der Waals surface area contributed by atoms with E-state index in [1.165, 1.54) is 43.0 Å². The van der Waals surface area contributed by atoms with Gasteiger partial charge in [0.2, 0.25) is 0 Å². The van der Waals surface area contributed by atoms with Crippen molar-refractivity contribution < 1.29 is 31.1 Å². The maximum absolute atomic E-state index is 15.3. The van der Waals surface area contributed by atoms with Crippen molar-refractivity contribution in [2.45, 2.75) is 26.1 Å². The van der Waals surface area contributed by atoms with Crippen LogP contribution in [0.5, 0.6) is 5.75 Å². The molecule has 0 radical (unpaired) electrons. The number of nitrogens with zero attached hydrogens (tertiary/aromatic N) is 4. The molecular formula is C50H34F6N4O5. The van der Waals surface area contributed by atoms with Gasteiger partial charge in [0.25, 0.3) is 11.1 Å². The lowest BCUT2D eigenvalue weighted by Crippen LogP contribution is -2.41. The lowest BCUT2D eigenvalue weighted by Gasteiger charge is -2.20. The molecule has 8 aromatic rings. The van der Waals surface area contributed by atoms with Crippen LogP contribution in [0.15, 0.2) is 147 Å². The van der Waals surface area contributed by atoms with Gasteiger partial charge in [0.1, 0.15) is 28.5 Å². The average Bonchev–Trinajstić information content (AvgIpc) is 3.28. The average molecular weight is 885 g/mol. The van der Waals surface area contributed by atoms with Crippen LogP contribution in [0.4, 0.5) is 26.3 Å². The van der Waals surface area contributed by atoms with E-state index in [9.17, 15) is 41.1 Å². The molecule has 6 aromatic carbocycles. The van der Waals surface area contributed by atoms with Crippen LogP contribution in [-0.4, -0.2) is 25.4 Å². The molecule has 0 aliphatic rings. The highest BCUT2D eigenvalue weighted by molar-refractivity contribution is 5.84. The number of hydrogen-bond donors (Lipinski definition) is 0. The minimum Gasteiger partial charge on any atom is -0.495 e. The fraction of sp³-hybridized carbons (Fsp3) is 0.120. The van der Waals surface area contributed by atoms with Crippen molar-refractivity contribution in [2.24, 2.45) is 7.05 Å². The molecule has 0 unspecified atom stereocenters. The van der Waals surface area contributed by atoms with E-state index in [1.807, 2.05) is 6.07 Å². The number of methoxy groups -OCH3 is 1. The standard InChI is InChI=1S/C26H18F4N2O2.C24H16F2N2O3/c1-16(2)31-22-11-7-6-10-19(22)24(33)32(25(31)34)23-20(26(28,29)30)14-18(15-21(23)27)13-12-17-8-4-3-5-9-17;1-27-21-17(9-6-10-20(21)31-2)23(29)28(24(27)30)22-18(25)13-16(14-19(22)26)12-11-15-7-4-3-5-8-15/h3-11,14-16H,1-2H3;3-10,13-14H,1-2H3. The molecule has 0 atom stereocenters. The van der Waals surface area contributed by atoms with E-state index in [0.717, 1.165) is 22.8 Å². The van der Waals surface area contributed by atoms with Gasteiger partial charge in [-0.25, -0.2) is 31.9 Å². The predicted molar refractivity (Wildman–Crippen MR) is 235 cm³/mol. The van der Waals surface area contributed by atoms with Crippen LogP contribution in [0.3, 0.4) is 0 Å². The van der Waals surface area contributed by atoms with Crippen molar-refractivity contribution in [3.8, 4) is 40.8 Å². The van der Waals surface area contributed by atoms with Gasteiger partial charge in [-0.15, -0.1) is 0 Å². The number of para-hydroxylation sites is 2. The molecule has 0 fully saturated rings. The number of alkyl halides is 3. The van der Waals surface area contributed by atoms with Gasteiger partial charge >= 0.3 is 17.6 Å². The zero-order valence-corrected chi connectivity index (χ0v) is 34.8. The van der Waals surface area contributed by atoms with Gasteiger partial charge < -0.3 is 4.74 Å². The summed E-state index contributed by atoms with van der Waals surface area (Å²) in [5, 5.41) is 0.0875. The number of benzene rings is 6. The Morgan fingerprint density at radius 3 is 1.55 bits per heavy atom. The van der Waals surface area contributed by atoms with Crippen LogP contribution in [-0.2, 0) is 13.2 Å². The van der Waals surface area contributed by atoms with Crippen LogP contribution >= 0.6 is 0 Å². The maximum atomic E-state index is 15.3. The van der Waals surface area contributed by atoms with Gasteiger partial charge in [0, 0.05) is 35.3 Å². The fourth-order valence-electron chi connectivity index (χ4n) is 7.13. The molecule has 0 amide bonds. The van der Waals surface area contributed by atoms with Crippen molar-refractivity contribution in [1.29, 1.82) is 0 Å². The van der Waals surface area contributed by atoms with Crippen LogP contribution in [0.1, 0.15) is 47.7 Å². The second-order valence-electron chi connectivity index (χ2n) is 14.6. The molecule has 0 aliphatic heterocycles. The fourth-order valence-corrected chi connectivity index (χ4v) is 7.13. The number of halogens is 6. The zero-order chi connectivity index (χ0) is 46.7. The van der Waals surface area contributed by atoms with E-state index in [4.69, 9.17) is 4.74 Å². The van der Waals surface area contributed by atoms with Crippen molar-refractivity contribution in [3.63, 3.8) is 0 Å². The molecule has 15 heteroatoms. The maximum Gasteiger partial charge on any atom is 0.418 e. The second-order valence-corrected chi connectivity index (χ2v) is 14.6. The monoisotopic (exact) mass is 884 g/mol. The summed E-state index contributed by atoms with van der Waals surface area (Å²) < 4.78 is 95.5. The van der Waals surface area contributed by atoms with E-state index < -0.39 is 69.1 Å². The summed E-state index contributed by atoms with van der Waals surface area (Å²) in [6.07, 6.45) is -5.05. The molecule has 0 aliphatic carbocycles. The van der Waals surface area contributed by atoms with Gasteiger partial charge in [-0.05, 0) is 86.6 Å². The molecule has 9 nitrogen and oxygen atoms in total.